The van der Waals surface area contributed by atoms with Gasteiger partial charge in [0, 0.05) is 69.3 Å². The second kappa shape index (κ2) is 11.0. The van der Waals surface area contributed by atoms with Crippen LogP contribution in [-0.2, 0) is 7.05 Å². The van der Waals surface area contributed by atoms with Crippen LogP contribution in [0.25, 0.3) is 0 Å². The van der Waals surface area contributed by atoms with Crippen LogP contribution in [0.5, 0.6) is 0 Å². The van der Waals surface area contributed by atoms with E-state index in [-0.39, 0.29) is 30.0 Å². The molecule has 1 aromatic heterocycles. The zero-order chi connectivity index (χ0) is 20.1. The number of nitrogens with zero attached hydrogens (tertiary/aromatic N) is 6. The van der Waals surface area contributed by atoms with Gasteiger partial charge in [0.15, 0.2) is 5.96 Å². The van der Waals surface area contributed by atoms with E-state index in [0.29, 0.717) is 0 Å². The van der Waals surface area contributed by atoms with E-state index >= 15 is 0 Å². The Labute approximate surface area is 195 Å². The van der Waals surface area contributed by atoms with E-state index in [4.69, 9.17) is 11.6 Å². The minimum absolute atomic E-state index is 0. The fourth-order valence-corrected chi connectivity index (χ4v) is 3.76. The Morgan fingerprint density at radius 1 is 1.28 bits per heavy atom. The van der Waals surface area contributed by atoms with Gasteiger partial charge in [-0.15, -0.1) is 24.0 Å². The van der Waals surface area contributed by atoms with Gasteiger partial charge < -0.3 is 20.0 Å². The van der Waals surface area contributed by atoms with E-state index in [9.17, 15) is 0 Å². The van der Waals surface area contributed by atoms with Crippen molar-refractivity contribution in [2.75, 3.05) is 58.8 Å². The normalized spacial score (nSPS) is 16.0. The summed E-state index contributed by atoms with van der Waals surface area (Å²) in [5, 5.41) is 8.64. The Kier molecular flexibility index (Phi) is 9.04. The number of rotatable bonds is 5. The first-order valence-electron chi connectivity index (χ1n) is 9.59. The van der Waals surface area contributed by atoms with Gasteiger partial charge in [0.05, 0.1) is 12.2 Å². The van der Waals surface area contributed by atoms with Gasteiger partial charge in [-0.25, -0.2) is 0 Å². The van der Waals surface area contributed by atoms with E-state index in [2.05, 4.69) is 56.5 Å². The summed E-state index contributed by atoms with van der Waals surface area (Å²) in [5.41, 5.74) is 2.38. The van der Waals surface area contributed by atoms with E-state index in [1.165, 1.54) is 11.3 Å². The second-order valence-electron chi connectivity index (χ2n) is 7.31. The van der Waals surface area contributed by atoms with Crippen molar-refractivity contribution >= 4 is 47.2 Å². The molecule has 2 heterocycles. The number of benzene rings is 1. The number of halogens is 2. The molecule has 1 aromatic carbocycles. The molecule has 1 unspecified atom stereocenters. The number of piperazine rings is 1. The Morgan fingerprint density at radius 3 is 2.55 bits per heavy atom. The van der Waals surface area contributed by atoms with E-state index in [0.717, 1.165) is 43.7 Å². The number of nitrogens with one attached hydrogen (secondary N) is 1. The average molecular weight is 532 g/mol. The fraction of sp³-hybridized carbons (Fsp3) is 0.500. The predicted octanol–water partition coefficient (Wildman–Crippen LogP) is 2.69. The minimum Gasteiger partial charge on any atom is -0.368 e. The largest absolute Gasteiger partial charge is 0.368 e. The van der Waals surface area contributed by atoms with Crippen molar-refractivity contribution in [1.82, 2.24) is 24.9 Å². The molecule has 1 atom stereocenters. The summed E-state index contributed by atoms with van der Waals surface area (Å²) < 4.78 is 1.84. The zero-order valence-corrected chi connectivity index (χ0v) is 20.6. The summed E-state index contributed by atoms with van der Waals surface area (Å²) in [6.45, 7) is 4.51. The number of aliphatic imine (C=N–C) groups is 1. The third-order valence-electron chi connectivity index (χ3n) is 5.15. The van der Waals surface area contributed by atoms with Gasteiger partial charge in [0.2, 0.25) is 0 Å². The molecule has 1 aliphatic heterocycles. The van der Waals surface area contributed by atoms with Crippen LogP contribution in [0.2, 0.25) is 5.02 Å². The highest BCUT2D eigenvalue weighted by atomic mass is 127. The maximum Gasteiger partial charge on any atom is 0.193 e. The molecule has 1 fully saturated rings. The molecule has 0 aliphatic carbocycles. The van der Waals surface area contributed by atoms with Gasteiger partial charge in [0.1, 0.15) is 0 Å². The zero-order valence-electron chi connectivity index (χ0n) is 17.5. The van der Waals surface area contributed by atoms with E-state index in [1.54, 1.807) is 0 Å². The summed E-state index contributed by atoms with van der Waals surface area (Å²) in [6.07, 6.45) is 4.00. The van der Waals surface area contributed by atoms with Gasteiger partial charge in [-0.05, 0) is 32.3 Å². The van der Waals surface area contributed by atoms with Crippen molar-refractivity contribution < 1.29 is 0 Å². The van der Waals surface area contributed by atoms with Gasteiger partial charge in [0.25, 0.3) is 0 Å². The summed E-state index contributed by atoms with van der Waals surface area (Å²) in [6, 6.07) is 8.29. The van der Waals surface area contributed by atoms with Crippen LogP contribution in [0.4, 0.5) is 5.69 Å². The highest BCUT2D eigenvalue weighted by Crippen LogP contribution is 2.21. The van der Waals surface area contributed by atoms with Crippen LogP contribution in [0.15, 0.2) is 41.7 Å². The summed E-state index contributed by atoms with van der Waals surface area (Å²) in [4.78, 5) is 11.4. The third kappa shape index (κ3) is 6.23. The lowest BCUT2D eigenvalue weighted by molar-refractivity contribution is 0.292. The van der Waals surface area contributed by atoms with Crippen molar-refractivity contribution in [1.29, 1.82) is 0 Å². The van der Waals surface area contributed by atoms with Gasteiger partial charge >= 0.3 is 0 Å². The second-order valence-corrected chi connectivity index (χ2v) is 7.75. The first-order valence-corrected chi connectivity index (χ1v) is 9.97. The molecule has 2 aromatic rings. The van der Waals surface area contributed by atoms with Gasteiger partial charge in [-0.1, -0.05) is 17.7 Å². The highest BCUT2D eigenvalue weighted by molar-refractivity contribution is 14.0. The first-order chi connectivity index (χ1) is 13.5. The molecule has 160 valence electrons. The number of likely N-dealkylation sites (N-methyl/N-ethyl adjacent to an activating group) is 1. The minimum atomic E-state index is 0. The molecule has 9 heteroatoms. The lowest BCUT2D eigenvalue weighted by Gasteiger charge is -2.38. The van der Waals surface area contributed by atoms with E-state index < -0.39 is 0 Å². The van der Waals surface area contributed by atoms with Crippen LogP contribution in [-0.4, -0.2) is 79.4 Å². The van der Waals surface area contributed by atoms with Crippen molar-refractivity contribution in [2.45, 2.75) is 6.04 Å². The molecule has 1 saturated heterocycles. The predicted molar refractivity (Wildman–Crippen MR) is 132 cm³/mol. The van der Waals surface area contributed by atoms with Crippen molar-refractivity contribution in [3.05, 3.63) is 47.2 Å². The molecule has 1 aliphatic rings. The maximum absolute atomic E-state index is 6.14. The lowest BCUT2D eigenvalue weighted by atomic mass is 10.1. The molecule has 0 radical (unpaired) electrons. The maximum atomic E-state index is 6.14. The first kappa shape index (κ1) is 23.8. The molecule has 0 spiro atoms. The molecule has 0 amide bonds. The molecule has 0 saturated carbocycles. The molecule has 0 bridgehead atoms. The van der Waals surface area contributed by atoms with Crippen LogP contribution in [0.3, 0.4) is 0 Å². The topological polar surface area (TPSA) is 51.9 Å². The Hall–Kier alpha value is -1.52. The third-order valence-corrected chi connectivity index (χ3v) is 5.39. The van der Waals surface area contributed by atoms with Gasteiger partial charge in [-0.3, -0.25) is 9.67 Å². The standard InChI is InChI=1S/C20H30ClN7.HI/c1-22-20(23-14-19(25(2)3)16-13-24-26(4)15-16)28-10-8-27(9-11-28)18-7-5-6-17(21)12-18;/h5-7,12-13,15,19H,8-11,14H2,1-4H3,(H,22,23);1H. The number of hydrogen-bond donors (Lipinski definition) is 1. The molecule has 1 N–H and O–H groups in total. The molecule has 29 heavy (non-hydrogen) atoms. The van der Waals surface area contributed by atoms with Gasteiger partial charge in [-0.2, -0.15) is 5.10 Å². The molecular weight excluding hydrogens is 501 g/mol. The summed E-state index contributed by atoms with van der Waals surface area (Å²) in [7, 11) is 7.97. The lowest BCUT2D eigenvalue weighted by Crippen LogP contribution is -2.53. The van der Waals surface area contributed by atoms with Crippen LogP contribution >= 0.6 is 35.6 Å². The number of anilines is 1. The van der Waals surface area contributed by atoms with E-state index in [1.807, 2.05) is 43.2 Å². The Balaban J connectivity index is 0.00000300. The number of guanidine groups is 1. The monoisotopic (exact) mass is 531 g/mol. The quantitative estimate of drug-likeness (QED) is 0.365. The van der Waals surface area contributed by atoms with Crippen LogP contribution in [0, 0.1) is 0 Å². The molecule has 7 nitrogen and oxygen atoms in total. The number of hydrogen-bond acceptors (Lipinski definition) is 4. The molecule has 3 rings (SSSR count). The highest BCUT2D eigenvalue weighted by Gasteiger charge is 2.22. The Bertz CT molecular complexity index is 800. The van der Waals surface area contributed by atoms with Crippen molar-refractivity contribution in [3.8, 4) is 0 Å². The number of aromatic nitrogens is 2. The number of aryl methyl sites for hydroxylation is 1. The average Bonchev–Trinajstić information content (AvgIpc) is 3.11. The van der Waals surface area contributed by atoms with Crippen LogP contribution in [0.1, 0.15) is 11.6 Å². The van der Waals surface area contributed by atoms with Crippen molar-refractivity contribution in [3.63, 3.8) is 0 Å². The smallest absolute Gasteiger partial charge is 0.193 e. The fourth-order valence-electron chi connectivity index (χ4n) is 3.58. The van der Waals surface area contributed by atoms with Crippen molar-refractivity contribution in [2.24, 2.45) is 12.0 Å². The molecular formula is C20H31ClIN7. The Morgan fingerprint density at radius 2 is 2.00 bits per heavy atom. The SMILES string of the molecule is CN=C(NCC(c1cnn(C)c1)N(C)C)N1CCN(c2cccc(Cl)c2)CC1.I. The summed E-state index contributed by atoms with van der Waals surface area (Å²) in [5.74, 6) is 0.946. The summed E-state index contributed by atoms with van der Waals surface area (Å²) >= 11 is 6.14. The van der Waals surface area contributed by atoms with Crippen LogP contribution < -0.4 is 10.2 Å².